The fourth-order valence-corrected chi connectivity index (χ4v) is 2.14. The first-order valence-electron chi connectivity index (χ1n) is 4.81. The molecule has 2 rings (SSSR count). The molecule has 0 saturated heterocycles. The molecule has 0 spiro atoms. The largest absolute Gasteiger partial charge is 0.481 e. The molecule has 4 nitrogen and oxygen atoms in total. The van der Waals surface area contributed by atoms with E-state index in [4.69, 9.17) is 4.42 Å². The molecular weight excluding hydrogens is 182 g/mol. The van der Waals surface area contributed by atoms with Crippen molar-refractivity contribution < 1.29 is 14.3 Å². The number of carbonyl (C=O) groups is 1. The molecule has 1 fully saturated rings. The van der Waals surface area contributed by atoms with Crippen LogP contribution in [0.25, 0.3) is 0 Å². The number of carboxylic acid groups (broad SMARTS) is 1. The van der Waals surface area contributed by atoms with Crippen molar-refractivity contribution in [3.63, 3.8) is 0 Å². The number of aryl methyl sites for hydroxylation is 1. The van der Waals surface area contributed by atoms with E-state index < -0.39 is 11.4 Å². The number of nitrogens with zero attached hydrogens (tertiary/aromatic N) is 1. The average molecular weight is 195 g/mol. The van der Waals surface area contributed by atoms with Crippen LogP contribution in [-0.4, -0.2) is 16.1 Å². The van der Waals surface area contributed by atoms with Gasteiger partial charge in [0.05, 0.1) is 5.69 Å². The van der Waals surface area contributed by atoms with Crippen LogP contribution in [0, 0.1) is 6.92 Å². The van der Waals surface area contributed by atoms with E-state index in [1.54, 1.807) is 6.92 Å². The van der Waals surface area contributed by atoms with Crippen LogP contribution in [0.2, 0.25) is 0 Å². The Morgan fingerprint density at radius 2 is 2.21 bits per heavy atom. The number of carboxylic acids is 1. The molecule has 1 aromatic rings. The SMILES string of the molecule is Cc1nc(C2(C(=O)O)CCCC2)co1. The van der Waals surface area contributed by atoms with Crippen LogP contribution >= 0.6 is 0 Å². The molecule has 0 radical (unpaired) electrons. The highest BCUT2D eigenvalue weighted by molar-refractivity contribution is 5.81. The van der Waals surface area contributed by atoms with Crippen molar-refractivity contribution in [1.82, 2.24) is 4.98 Å². The Hall–Kier alpha value is -1.32. The Morgan fingerprint density at radius 1 is 1.57 bits per heavy atom. The number of hydrogen-bond acceptors (Lipinski definition) is 3. The number of aromatic nitrogens is 1. The highest BCUT2D eigenvalue weighted by atomic mass is 16.4. The molecule has 0 unspecified atom stereocenters. The van der Waals surface area contributed by atoms with Crippen molar-refractivity contribution in [1.29, 1.82) is 0 Å². The summed E-state index contributed by atoms with van der Waals surface area (Å²) in [6, 6.07) is 0. The zero-order chi connectivity index (χ0) is 10.2. The number of hydrogen-bond donors (Lipinski definition) is 1. The van der Waals surface area contributed by atoms with Gasteiger partial charge in [0.1, 0.15) is 11.7 Å². The number of oxazole rings is 1. The molecular formula is C10H13NO3. The Morgan fingerprint density at radius 3 is 2.64 bits per heavy atom. The zero-order valence-corrected chi connectivity index (χ0v) is 8.12. The maximum atomic E-state index is 11.3. The summed E-state index contributed by atoms with van der Waals surface area (Å²) >= 11 is 0. The van der Waals surface area contributed by atoms with Crippen molar-refractivity contribution >= 4 is 5.97 Å². The third kappa shape index (κ3) is 1.22. The predicted octanol–water partition coefficient (Wildman–Crippen LogP) is 1.88. The summed E-state index contributed by atoms with van der Waals surface area (Å²) in [6.45, 7) is 1.73. The van der Waals surface area contributed by atoms with Crippen LogP contribution in [0.1, 0.15) is 37.3 Å². The van der Waals surface area contributed by atoms with Gasteiger partial charge < -0.3 is 9.52 Å². The standard InChI is InChI=1S/C10H13NO3/c1-7-11-8(6-14-7)10(9(12)13)4-2-3-5-10/h6H,2-5H2,1H3,(H,12,13). The minimum absolute atomic E-state index is 0.535. The first-order valence-corrected chi connectivity index (χ1v) is 4.81. The Bertz CT molecular complexity index is 350. The molecule has 0 bridgehead atoms. The molecule has 1 aliphatic rings. The van der Waals surface area contributed by atoms with E-state index in [9.17, 15) is 9.90 Å². The van der Waals surface area contributed by atoms with E-state index in [-0.39, 0.29) is 0 Å². The highest BCUT2D eigenvalue weighted by Gasteiger charge is 2.45. The Balaban J connectivity index is 2.41. The van der Waals surface area contributed by atoms with Gasteiger partial charge in [-0.25, -0.2) is 4.98 Å². The minimum atomic E-state index is -0.780. The van der Waals surface area contributed by atoms with Gasteiger partial charge in [-0.3, -0.25) is 4.79 Å². The average Bonchev–Trinajstić information content (AvgIpc) is 2.71. The monoisotopic (exact) mass is 195 g/mol. The van der Waals surface area contributed by atoms with E-state index in [1.807, 2.05) is 0 Å². The Labute approximate surface area is 81.9 Å². The molecule has 14 heavy (non-hydrogen) atoms. The molecule has 0 aromatic carbocycles. The van der Waals surface area contributed by atoms with Crippen molar-refractivity contribution in [3.8, 4) is 0 Å². The van der Waals surface area contributed by atoms with Crippen molar-refractivity contribution in [2.45, 2.75) is 38.0 Å². The van der Waals surface area contributed by atoms with Gasteiger partial charge in [-0.1, -0.05) is 12.8 Å². The van der Waals surface area contributed by atoms with E-state index >= 15 is 0 Å². The van der Waals surface area contributed by atoms with Gasteiger partial charge in [0.25, 0.3) is 0 Å². The van der Waals surface area contributed by atoms with Crippen LogP contribution < -0.4 is 0 Å². The maximum absolute atomic E-state index is 11.3. The molecule has 1 heterocycles. The van der Waals surface area contributed by atoms with Gasteiger partial charge in [-0.2, -0.15) is 0 Å². The van der Waals surface area contributed by atoms with E-state index in [0.29, 0.717) is 24.4 Å². The van der Waals surface area contributed by atoms with Crippen LogP contribution in [-0.2, 0) is 10.2 Å². The van der Waals surface area contributed by atoms with Gasteiger partial charge in [0.2, 0.25) is 0 Å². The molecule has 1 aliphatic carbocycles. The lowest BCUT2D eigenvalue weighted by Crippen LogP contribution is -2.32. The minimum Gasteiger partial charge on any atom is -0.481 e. The highest BCUT2D eigenvalue weighted by Crippen LogP contribution is 2.40. The summed E-state index contributed by atoms with van der Waals surface area (Å²) in [5, 5.41) is 9.24. The second kappa shape index (κ2) is 3.12. The number of aliphatic carboxylic acids is 1. The second-order valence-electron chi connectivity index (χ2n) is 3.85. The van der Waals surface area contributed by atoms with Crippen molar-refractivity contribution in [2.75, 3.05) is 0 Å². The van der Waals surface area contributed by atoms with Crippen molar-refractivity contribution in [2.24, 2.45) is 0 Å². The van der Waals surface area contributed by atoms with Gasteiger partial charge >= 0.3 is 5.97 Å². The van der Waals surface area contributed by atoms with E-state index in [0.717, 1.165) is 12.8 Å². The Kier molecular flexibility index (Phi) is 2.06. The van der Waals surface area contributed by atoms with E-state index in [1.165, 1.54) is 6.26 Å². The smallest absolute Gasteiger partial charge is 0.315 e. The molecule has 4 heteroatoms. The first-order chi connectivity index (χ1) is 6.65. The van der Waals surface area contributed by atoms with Gasteiger partial charge in [-0.15, -0.1) is 0 Å². The summed E-state index contributed by atoms with van der Waals surface area (Å²) in [5.74, 6) is -0.240. The molecule has 0 atom stereocenters. The summed E-state index contributed by atoms with van der Waals surface area (Å²) in [7, 11) is 0. The molecule has 76 valence electrons. The van der Waals surface area contributed by atoms with Crippen molar-refractivity contribution in [3.05, 3.63) is 17.8 Å². The topological polar surface area (TPSA) is 63.3 Å². The molecule has 0 amide bonds. The molecule has 1 N–H and O–H groups in total. The summed E-state index contributed by atoms with van der Waals surface area (Å²) in [6.07, 6.45) is 4.74. The van der Waals surface area contributed by atoms with Crippen LogP contribution in [0.4, 0.5) is 0 Å². The summed E-state index contributed by atoms with van der Waals surface area (Å²) in [5.41, 5.74) is -0.197. The first kappa shape index (κ1) is 9.24. The van der Waals surface area contributed by atoms with E-state index in [2.05, 4.69) is 4.98 Å². The fourth-order valence-electron chi connectivity index (χ4n) is 2.14. The normalized spacial score (nSPS) is 19.8. The fraction of sp³-hybridized carbons (Fsp3) is 0.600. The van der Waals surface area contributed by atoms with Gasteiger partial charge in [0.15, 0.2) is 5.89 Å². The third-order valence-corrected chi connectivity index (χ3v) is 2.98. The van der Waals surface area contributed by atoms with Gasteiger partial charge in [-0.05, 0) is 12.8 Å². The second-order valence-corrected chi connectivity index (χ2v) is 3.85. The third-order valence-electron chi connectivity index (χ3n) is 2.98. The quantitative estimate of drug-likeness (QED) is 0.782. The number of rotatable bonds is 2. The summed E-state index contributed by atoms with van der Waals surface area (Å²) in [4.78, 5) is 15.4. The van der Waals surface area contributed by atoms with Crippen LogP contribution in [0.5, 0.6) is 0 Å². The molecule has 0 aliphatic heterocycles. The maximum Gasteiger partial charge on any atom is 0.315 e. The molecule has 1 aromatic heterocycles. The zero-order valence-electron chi connectivity index (χ0n) is 8.12. The molecule has 1 saturated carbocycles. The van der Waals surface area contributed by atoms with Gasteiger partial charge in [0, 0.05) is 6.92 Å². The summed E-state index contributed by atoms with van der Waals surface area (Å²) < 4.78 is 5.08. The lowest BCUT2D eigenvalue weighted by atomic mass is 9.83. The lowest BCUT2D eigenvalue weighted by Gasteiger charge is -2.20. The predicted molar refractivity (Wildman–Crippen MR) is 49.0 cm³/mol. The van der Waals surface area contributed by atoms with Crippen LogP contribution in [0.3, 0.4) is 0 Å². The van der Waals surface area contributed by atoms with Crippen LogP contribution in [0.15, 0.2) is 10.7 Å². The lowest BCUT2D eigenvalue weighted by molar-refractivity contribution is -0.143.